The number of carboxylic acids is 1. The highest BCUT2D eigenvalue weighted by molar-refractivity contribution is 5.87. The Morgan fingerprint density at radius 2 is 1.81 bits per heavy atom. The summed E-state index contributed by atoms with van der Waals surface area (Å²) in [4.78, 5) is 10.4. The van der Waals surface area contributed by atoms with Crippen molar-refractivity contribution in [3.05, 3.63) is 29.8 Å². The first-order chi connectivity index (χ1) is 7.70. The van der Waals surface area contributed by atoms with Crippen LogP contribution >= 0.6 is 0 Å². The highest BCUT2D eigenvalue weighted by Crippen LogP contribution is 2.55. The zero-order valence-corrected chi connectivity index (χ0v) is 9.35. The van der Waals surface area contributed by atoms with Crippen LogP contribution in [0.1, 0.15) is 29.6 Å². The number of fused-ring (bicyclic) bond motifs is 1. The number of carbonyl (C=O) groups is 1. The number of hydrogen-bond donors (Lipinski definition) is 1. The summed E-state index contributed by atoms with van der Waals surface area (Å²) < 4.78 is 4.86. The lowest BCUT2D eigenvalue weighted by Gasteiger charge is -2.04. The van der Waals surface area contributed by atoms with Gasteiger partial charge in [0.2, 0.25) is 0 Å². The molecule has 0 spiro atoms. The van der Waals surface area contributed by atoms with Gasteiger partial charge in [-0.05, 0) is 55.4 Å². The summed E-state index contributed by atoms with van der Waals surface area (Å²) in [5, 5.41) is 8.51. The summed E-state index contributed by atoms with van der Waals surface area (Å²) in [7, 11) is 1.54. The molecule has 2 saturated carbocycles. The van der Waals surface area contributed by atoms with Crippen molar-refractivity contribution in [2.24, 2.45) is 11.8 Å². The van der Waals surface area contributed by atoms with Crippen LogP contribution in [-0.4, -0.2) is 18.2 Å². The first-order valence-electron chi connectivity index (χ1n) is 5.58. The molecule has 0 saturated heterocycles. The molecule has 2 fully saturated rings. The minimum Gasteiger partial charge on any atom is -0.497 e. The van der Waals surface area contributed by atoms with Crippen molar-refractivity contribution in [2.45, 2.75) is 19.3 Å². The van der Waals surface area contributed by atoms with Gasteiger partial charge in [-0.1, -0.05) is 0 Å². The Bertz CT molecular complexity index is 357. The van der Waals surface area contributed by atoms with E-state index < -0.39 is 5.97 Å². The number of rotatable bonds is 2. The summed E-state index contributed by atoms with van der Waals surface area (Å²) in [5.74, 6) is 2.20. The summed E-state index contributed by atoms with van der Waals surface area (Å²) in [5.41, 5.74) is 0.269. The van der Waals surface area contributed by atoms with Gasteiger partial charge in [-0.15, -0.1) is 0 Å². The number of carboxylic acid groups (broad SMARTS) is 1. The maximum atomic E-state index is 10.4. The molecule has 86 valence electrons. The largest absolute Gasteiger partial charge is 0.497 e. The van der Waals surface area contributed by atoms with E-state index in [4.69, 9.17) is 9.84 Å². The van der Waals surface area contributed by atoms with E-state index in [1.54, 1.807) is 31.4 Å². The Hall–Kier alpha value is -1.51. The van der Waals surface area contributed by atoms with E-state index in [1.807, 2.05) is 0 Å². The summed E-state index contributed by atoms with van der Waals surface area (Å²) in [6, 6.07) is 6.23. The third-order valence-corrected chi connectivity index (χ3v) is 3.31. The smallest absolute Gasteiger partial charge is 0.335 e. The van der Waals surface area contributed by atoms with Crippen LogP contribution in [0, 0.1) is 11.8 Å². The molecule has 0 bridgehead atoms. The highest BCUT2D eigenvalue weighted by Gasteiger charge is 2.44. The zero-order chi connectivity index (χ0) is 11.5. The molecule has 0 aromatic heterocycles. The van der Waals surface area contributed by atoms with Gasteiger partial charge >= 0.3 is 5.97 Å². The average Bonchev–Trinajstić information content (AvgIpc) is 2.86. The van der Waals surface area contributed by atoms with E-state index in [2.05, 4.69) is 0 Å². The molecule has 2 unspecified atom stereocenters. The summed E-state index contributed by atoms with van der Waals surface area (Å²) in [6.45, 7) is 0. The minimum atomic E-state index is -0.923. The van der Waals surface area contributed by atoms with Gasteiger partial charge < -0.3 is 9.84 Å². The van der Waals surface area contributed by atoms with Gasteiger partial charge in [-0.3, -0.25) is 0 Å². The molecule has 3 rings (SSSR count). The fraction of sp³-hybridized carbons (Fsp3) is 0.462. The molecule has 0 aliphatic heterocycles. The molecule has 3 heteroatoms. The molecule has 3 nitrogen and oxygen atoms in total. The van der Waals surface area contributed by atoms with Gasteiger partial charge in [0.25, 0.3) is 0 Å². The van der Waals surface area contributed by atoms with Gasteiger partial charge in [0.05, 0.1) is 12.7 Å². The van der Waals surface area contributed by atoms with Crippen molar-refractivity contribution < 1.29 is 14.6 Å². The fourth-order valence-electron chi connectivity index (χ4n) is 1.92. The molecule has 1 aromatic rings. The molecule has 2 aliphatic carbocycles. The lowest BCUT2D eigenvalue weighted by Crippen LogP contribution is -1.95. The van der Waals surface area contributed by atoms with Gasteiger partial charge in [0.15, 0.2) is 0 Å². The summed E-state index contributed by atoms with van der Waals surface area (Å²) >= 11 is 0. The standard InChI is InChI=1S/C8H8O3.C5H8/c1-11-7-4-2-6(3-5-7)8(9)10;1-2-5-3-4(1)5/h2-5H,1H3,(H,9,10);4-5H,1-3H2. The Balaban J connectivity index is 0.000000156. The number of ether oxygens (including phenoxy) is 1. The first-order valence-corrected chi connectivity index (χ1v) is 5.58. The topological polar surface area (TPSA) is 46.5 Å². The molecule has 0 amide bonds. The predicted octanol–water partition coefficient (Wildman–Crippen LogP) is 2.81. The SMILES string of the molecule is C1CC2CC12.COc1ccc(C(=O)O)cc1. The Labute approximate surface area is 95.0 Å². The number of aromatic carboxylic acids is 1. The first kappa shape index (κ1) is 11.0. The maximum Gasteiger partial charge on any atom is 0.335 e. The van der Waals surface area contributed by atoms with Gasteiger partial charge in [-0.25, -0.2) is 4.79 Å². The predicted molar refractivity (Wildman–Crippen MR) is 60.8 cm³/mol. The van der Waals surface area contributed by atoms with Gasteiger partial charge in [-0.2, -0.15) is 0 Å². The number of benzene rings is 1. The number of hydrogen-bond acceptors (Lipinski definition) is 2. The van der Waals surface area contributed by atoms with Gasteiger partial charge in [0, 0.05) is 0 Å². The van der Waals surface area contributed by atoms with Crippen molar-refractivity contribution in [2.75, 3.05) is 7.11 Å². The van der Waals surface area contributed by atoms with Crippen molar-refractivity contribution in [1.29, 1.82) is 0 Å². The van der Waals surface area contributed by atoms with Gasteiger partial charge in [0.1, 0.15) is 5.75 Å². The third kappa shape index (κ3) is 2.54. The van der Waals surface area contributed by atoms with Crippen LogP contribution in [0.25, 0.3) is 0 Å². The molecule has 1 N–H and O–H groups in total. The molecule has 1 aromatic carbocycles. The quantitative estimate of drug-likeness (QED) is 0.833. The van der Waals surface area contributed by atoms with E-state index in [0.717, 1.165) is 0 Å². The maximum absolute atomic E-state index is 10.4. The van der Waals surface area contributed by atoms with E-state index >= 15 is 0 Å². The van der Waals surface area contributed by atoms with Crippen LogP contribution < -0.4 is 4.74 Å². The highest BCUT2D eigenvalue weighted by atomic mass is 16.5. The van der Waals surface area contributed by atoms with Crippen LogP contribution in [0.5, 0.6) is 5.75 Å². The molecule has 0 radical (unpaired) electrons. The monoisotopic (exact) mass is 220 g/mol. The molecule has 16 heavy (non-hydrogen) atoms. The normalized spacial score (nSPS) is 24.3. The van der Waals surface area contributed by atoms with Crippen LogP contribution in [0.2, 0.25) is 0 Å². The summed E-state index contributed by atoms with van der Waals surface area (Å²) in [6.07, 6.45) is 4.70. The molecular formula is C13H16O3. The molecular weight excluding hydrogens is 204 g/mol. The van der Waals surface area contributed by atoms with E-state index in [-0.39, 0.29) is 5.56 Å². The van der Waals surface area contributed by atoms with Crippen LogP contribution in [-0.2, 0) is 0 Å². The Kier molecular flexibility index (Phi) is 3.13. The zero-order valence-electron chi connectivity index (χ0n) is 9.35. The van der Waals surface area contributed by atoms with Crippen molar-refractivity contribution in [3.63, 3.8) is 0 Å². The molecule has 2 aliphatic rings. The third-order valence-electron chi connectivity index (χ3n) is 3.31. The fourth-order valence-corrected chi connectivity index (χ4v) is 1.92. The lowest BCUT2D eigenvalue weighted by molar-refractivity contribution is 0.0697. The van der Waals surface area contributed by atoms with E-state index in [0.29, 0.717) is 5.75 Å². The second-order valence-corrected chi connectivity index (χ2v) is 4.37. The second kappa shape index (κ2) is 4.56. The Morgan fingerprint density at radius 1 is 1.25 bits per heavy atom. The van der Waals surface area contributed by atoms with Crippen LogP contribution in [0.3, 0.4) is 0 Å². The van der Waals surface area contributed by atoms with E-state index in [9.17, 15) is 4.79 Å². The molecule has 0 heterocycles. The minimum absolute atomic E-state index is 0.269. The van der Waals surface area contributed by atoms with Crippen molar-refractivity contribution in [1.82, 2.24) is 0 Å². The Morgan fingerprint density at radius 3 is 2.06 bits per heavy atom. The van der Waals surface area contributed by atoms with Crippen LogP contribution in [0.15, 0.2) is 24.3 Å². The molecule has 2 atom stereocenters. The van der Waals surface area contributed by atoms with Crippen LogP contribution in [0.4, 0.5) is 0 Å². The average molecular weight is 220 g/mol. The van der Waals surface area contributed by atoms with Crippen molar-refractivity contribution in [3.8, 4) is 5.75 Å². The number of methoxy groups -OCH3 is 1. The lowest BCUT2D eigenvalue weighted by atomic mass is 10.0. The van der Waals surface area contributed by atoms with E-state index in [1.165, 1.54) is 31.1 Å². The van der Waals surface area contributed by atoms with Crippen molar-refractivity contribution >= 4 is 5.97 Å². The second-order valence-electron chi connectivity index (χ2n) is 4.37.